The van der Waals surface area contributed by atoms with Crippen LogP contribution in [0.2, 0.25) is 0 Å². The van der Waals surface area contributed by atoms with E-state index in [0.717, 1.165) is 10.0 Å². The first-order valence-corrected chi connectivity index (χ1v) is 9.37. The minimum absolute atomic E-state index is 0.124. The predicted molar refractivity (Wildman–Crippen MR) is 114 cm³/mol. The Balaban J connectivity index is 1.86. The fourth-order valence-corrected chi connectivity index (χ4v) is 2.85. The Morgan fingerprint density at radius 3 is 2.50 bits per heavy atom. The van der Waals surface area contributed by atoms with E-state index in [4.69, 9.17) is 0 Å². The van der Waals surface area contributed by atoms with E-state index in [1.165, 1.54) is 0 Å². The van der Waals surface area contributed by atoms with E-state index >= 15 is 0 Å². The fourth-order valence-electron chi connectivity index (χ4n) is 2.45. The van der Waals surface area contributed by atoms with Crippen LogP contribution in [0.4, 0.5) is 5.69 Å². The predicted octanol–water partition coefficient (Wildman–Crippen LogP) is 4.56. The minimum atomic E-state index is -0.428. The van der Waals surface area contributed by atoms with Gasteiger partial charge in [-0.25, -0.2) is 0 Å². The average Bonchev–Trinajstić information content (AvgIpc) is 2.68. The largest absolute Gasteiger partial charge is 0.321 e. The number of nitrogens with one attached hydrogen (secondary N) is 2. The summed E-state index contributed by atoms with van der Waals surface area (Å²) in [6.07, 6.45) is 4.85. The molecule has 0 unspecified atom stereocenters. The number of halogens is 1. The van der Waals surface area contributed by atoms with Crippen molar-refractivity contribution in [1.29, 1.82) is 0 Å². The molecule has 1 aromatic heterocycles. The maximum absolute atomic E-state index is 12.8. The molecule has 0 aliphatic rings. The van der Waals surface area contributed by atoms with Gasteiger partial charge in [-0.2, -0.15) is 0 Å². The number of pyridine rings is 1. The number of benzene rings is 2. The molecule has 1 heterocycles. The topological polar surface area (TPSA) is 71.1 Å². The van der Waals surface area contributed by atoms with Gasteiger partial charge in [0.25, 0.3) is 11.8 Å². The number of aromatic nitrogens is 1. The number of rotatable bonds is 5. The second-order valence-electron chi connectivity index (χ2n) is 6.13. The van der Waals surface area contributed by atoms with Gasteiger partial charge in [0.2, 0.25) is 0 Å². The van der Waals surface area contributed by atoms with Gasteiger partial charge >= 0.3 is 0 Å². The average molecular weight is 436 g/mol. The molecule has 5 nitrogen and oxygen atoms in total. The van der Waals surface area contributed by atoms with Gasteiger partial charge in [0.05, 0.1) is 0 Å². The quantitative estimate of drug-likeness (QED) is 0.576. The summed E-state index contributed by atoms with van der Waals surface area (Å²) in [7, 11) is 0. The molecule has 3 rings (SSSR count). The van der Waals surface area contributed by atoms with Crippen LogP contribution < -0.4 is 10.6 Å². The molecule has 0 saturated carbocycles. The summed E-state index contributed by atoms with van der Waals surface area (Å²) in [5.41, 5.74) is 2.96. The van der Waals surface area contributed by atoms with Crippen molar-refractivity contribution in [3.05, 3.63) is 99.9 Å². The van der Waals surface area contributed by atoms with Gasteiger partial charge in [0, 0.05) is 28.1 Å². The van der Waals surface area contributed by atoms with Crippen LogP contribution in [0.1, 0.15) is 21.5 Å². The lowest BCUT2D eigenvalue weighted by atomic mass is 10.1. The summed E-state index contributed by atoms with van der Waals surface area (Å²) >= 11 is 3.38. The van der Waals surface area contributed by atoms with Crippen LogP contribution in [-0.2, 0) is 4.79 Å². The molecule has 0 spiro atoms. The van der Waals surface area contributed by atoms with E-state index in [1.54, 1.807) is 54.9 Å². The maximum atomic E-state index is 12.8. The second kappa shape index (κ2) is 9.10. The van der Waals surface area contributed by atoms with E-state index < -0.39 is 5.91 Å². The molecular formula is C22H18BrN3O2. The molecule has 2 amide bonds. The molecule has 0 bridgehead atoms. The molecule has 6 heteroatoms. The molecule has 0 fully saturated rings. The minimum Gasteiger partial charge on any atom is -0.321 e. The number of amides is 2. The molecule has 0 saturated heterocycles. The number of aryl methyl sites for hydroxylation is 1. The maximum Gasteiger partial charge on any atom is 0.272 e. The molecule has 2 aromatic carbocycles. The van der Waals surface area contributed by atoms with Gasteiger partial charge < -0.3 is 10.6 Å². The zero-order valence-electron chi connectivity index (χ0n) is 15.1. The fraction of sp³-hybridized carbons (Fsp3) is 0.0455. The van der Waals surface area contributed by atoms with Crippen LogP contribution in [0, 0.1) is 6.92 Å². The Morgan fingerprint density at radius 2 is 1.82 bits per heavy atom. The summed E-state index contributed by atoms with van der Waals surface area (Å²) in [5, 5.41) is 5.50. The summed E-state index contributed by atoms with van der Waals surface area (Å²) in [6.45, 7) is 1.95. The Labute approximate surface area is 171 Å². The van der Waals surface area contributed by atoms with Crippen LogP contribution >= 0.6 is 15.9 Å². The molecule has 0 atom stereocenters. The normalized spacial score (nSPS) is 11.0. The Bertz CT molecular complexity index is 1020. The number of nitrogens with zero attached hydrogens (tertiary/aromatic N) is 1. The van der Waals surface area contributed by atoms with E-state index in [0.29, 0.717) is 16.8 Å². The Hall–Kier alpha value is -3.25. The lowest BCUT2D eigenvalue weighted by molar-refractivity contribution is -0.113. The van der Waals surface area contributed by atoms with Crippen LogP contribution in [-0.4, -0.2) is 16.8 Å². The van der Waals surface area contributed by atoms with Gasteiger partial charge in [-0.1, -0.05) is 45.8 Å². The smallest absolute Gasteiger partial charge is 0.272 e. The zero-order chi connectivity index (χ0) is 19.9. The summed E-state index contributed by atoms with van der Waals surface area (Å²) < 4.78 is 0.840. The number of anilines is 1. The van der Waals surface area contributed by atoms with Gasteiger partial charge in [-0.05, 0) is 55.0 Å². The number of carbonyl (C=O) groups excluding carboxylic acids is 2. The summed E-state index contributed by atoms with van der Waals surface area (Å²) in [5.74, 6) is -0.790. The van der Waals surface area contributed by atoms with E-state index in [9.17, 15) is 9.59 Å². The second-order valence-corrected chi connectivity index (χ2v) is 7.04. The molecule has 3 aromatic rings. The van der Waals surface area contributed by atoms with Crippen molar-refractivity contribution in [2.45, 2.75) is 6.92 Å². The third kappa shape index (κ3) is 5.37. The number of hydrogen-bond donors (Lipinski definition) is 2. The van der Waals surface area contributed by atoms with Crippen LogP contribution in [0.5, 0.6) is 0 Å². The van der Waals surface area contributed by atoms with Crippen molar-refractivity contribution >= 4 is 39.5 Å². The van der Waals surface area contributed by atoms with Gasteiger partial charge in [-0.15, -0.1) is 0 Å². The molecular weight excluding hydrogens is 418 g/mol. The number of hydrogen-bond acceptors (Lipinski definition) is 3. The highest BCUT2D eigenvalue weighted by Crippen LogP contribution is 2.17. The lowest BCUT2D eigenvalue weighted by Gasteiger charge is -2.12. The van der Waals surface area contributed by atoms with Gasteiger partial charge in [0.15, 0.2) is 0 Å². The third-order valence-corrected chi connectivity index (χ3v) is 4.38. The third-order valence-electron chi connectivity index (χ3n) is 3.88. The van der Waals surface area contributed by atoms with Crippen molar-refractivity contribution in [2.75, 3.05) is 5.32 Å². The molecule has 2 N–H and O–H groups in total. The van der Waals surface area contributed by atoms with Crippen molar-refractivity contribution in [2.24, 2.45) is 0 Å². The first-order valence-electron chi connectivity index (χ1n) is 8.58. The highest BCUT2D eigenvalue weighted by molar-refractivity contribution is 9.10. The van der Waals surface area contributed by atoms with Crippen molar-refractivity contribution in [3.8, 4) is 0 Å². The highest BCUT2D eigenvalue weighted by atomic mass is 79.9. The lowest BCUT2D eigenvalue weighted by Crippen LogP contribution is -2.30. The molecule has 28 heavy (non-hydrogen) atoms. The first-order chi connectivity index (χ1) is 13.5. The van der Waals surface area contributed by atoms with Crippen molar-refractivity contribution in [3.63, 3.8) is 0 Å². The Morgan fingerprint density at radius 1 is 1.04 bits per heavy atom. The van der Waals surface area contributed by atoms with Crippen LogP contribution in [0.25, 0.3) is 6.08 Å². The van der Waals surface area contributed by atoms with Crippen LogP contribution in [0.15, 0.2) is 83.2 Å². The number of carbonyl (C=O) groups is 2. The Kier molecular flexibility index (Phi) is 6.34. The van der Waals surface area contributed by atoms with E-state index in [-0.39, 0.29) is 11.6 Å². The van der Waals surface area contributed by atoms with Crippen molar-refractivity contribution < 1.29 is 9.59 Å². The monoisotopic (exact) mass is 435 g/mol. The molecule has 0 radical (unpaired) electrons. The summed E-state index contributed by atoms with van der Waals surface area (Å²) in [4.78, 5) is 29.5. The van der Waals surface area contributed by atoms with Gasteiger partial charge in [-0.3, -0.25) is 14.6 Å². The first kappa shape index (κ1) is 19.5. The molecule has 140 valence electrons. The molecule has 0 aliphatic carbocycles. The molecule has 0 aliphatic heterocycles. The van der Waals surface area contributed by atoms with E-state index in [1.807, 2.05) is 31.2 Å². The van der Waals surface area contributed by atoms with Crippen LogP contribution in [0.3, 0.4) is 0 Å². The standard InChI is InChI=1S/C22H18BrN3O2/c1-15-7-9-17(10-8-15)21(27)26-20(12-16-4-3-11-24-14-16)22(28)25-19-6-2-5-18(23)13-19/h2-14H,1H3,(H,25,28)(H,26,27)/b20-12-. The highest BCUT2D eigenvalue weighted by Gasteiger charge is 2.15. The van der Waals surface area contributed by atoms with Crippen molar-refractivity contribution in [1.82, 2.24) is 10.3 Å². The summed E-state index contributed by atoms with van der Waals surface area (Å²) in [6, 6.07) is 17.9. The zero-order valence-corrected chi connectivity index (χ0v) is 16.7. The van der Waals surface area contributed by atoms with Gasteiger partial charge in [0.1, 0.15) is 5.70 Å². The van der Waals surface area contributed by atoms with E-state index in [2.05, 4.69) is 31.5 Å². The SMILES string of the molecule is Cc1ccc(C(=O)N/C(=C\c2cccnc2)C(=O)Nc2cccc(Br)c2)cc1.